The summed E-state index contributed by atoms with van der Waals surface area (Å²) in [6, 6.07) is 6.03. The third-order valence-electron chi connectivity index (χ3n) is 3.27. The quantitative estimate of drug-likeness (QED) is 0.828. The molecule has 0 fully saturated rings. The topological polar surface area (TPSA) is 58.4 Å². The van der Waals surface area contributed by atoms with Crippen LogP contribution in [-0.2, 0) is 4.79 Å². The molecule has 19 heavy (non-hydrogen) atoms. The van der Waals surface area contributed by atoms with Crippen LogP contribution in [0.2, 0.25) is 0 Å². The summed E-state index contributed by atoms with van der Waals surface area (Å²) in [7, 11) is 4.00. The van der Waals surface area contributed by atoms with Gasteiger partial charge in [-0.3, -0.25) is 4.79 Å². The van der Waals surface area contributed by atoms with Gasteiger partial charge in [0.25, 0.3) is 0 Å². The molecular weight excluding hydrogens is 238 g/mol. The van der Waals surface area contributed by atoms with Gasteiger partial charge in [0.2, 0.25) is 5.91 Å². The standard InChI is InChI=1S/C15H25N3O/c1-11(6-5-9-16)15(19)17-14-8-7-13(18(3)4)10-12(14)2/h7-8,10-11H,5-6,9,16H2,1-4H3,(H,17,19). The minimum Gasteiger partial charge on any atom is -0.378 e. The van der Waals surface area contributed by atoms with E-state index in [0.717, 1.165) is 29.8 Å². The van der Waals surface area contributed by atoms with E-state index in [1.807, 2.05) is 45.0 Å². The Kier molecular flexibility index (Phi) is 5.83. The number of carbonyl (C=O) groups excluding carboxylic acids is 1. The smallest absolute Gasteiger partial charge is 0.227 e. The number of carbonyl (C=O) groups is 1. The fourth-order valence-corrected chi connectivity index (χ4v) is 1.88. The zero-order valence-corrected chi connectivity index (χ0v) is 12.4. The van der Waals surface area contributed by atoms with Gasteiger partial charge in [0.05, 0.1) is 0 Å². The molecule has 1 amide bonds. The lowest BCUT2D eigenvalue weighted by atomic mass is 10.0. The molecule has 1 aromatic carbocycles. The van der Waals surface area contributed by atoms with E-state index in [1.165, 1.54) is 0 Å². The first kappa shape index (κ1) is 15.5. The molecule has 106 valence electrons. The second-order valence-electron chi connectivity index (χ2n) is 5.21. The Morgan fingerprint density at radius 2 is 2.11 bits per heavy atom. The van der Waals surface area contributed by atoms with Crippen LogP contribution in [0.3, 0.4) is 0 Å². The molecule has 0 aliphatic rings. The molecule has 0 saturated carbocycles. The first-order chi connectivity index (χ1) is 8.95. The summed E-state index contributed by atoms with van der Waals surface area (Å²) in [6.07, 6.45) is 1.71. The van der Waals surface area contributed by atoms with Crippen LogP contribution in [-0.4, -0.2) is 26.5 Å². The van der Waals surface area contributed by atoms with Gasteiger partial charge in [-0.1, -0.05) is 6.92 Å². The van der Waals surface area contributed by atoms with Gasteiger partial charge in [-0.15, -0.1) is 0 Å². The first-order valence-corrected chi connectivity index (χ1v) is 6.74. The van der Waals surface area contributed by atoms with Gasteiger partial charge >= 0.3 is 0 Å². The molecule has 4 heteroatoms. The van der Waals surface area contributed by atoms with Crippen molar-refractivity contribution in [3.63, 3.8) is 0 Å². The van der Waals surface area contributed by atoms with E-state index >= 15 is 0 Å². The predicted molar refractivity (Wildman–Crippen MR) is 81.6 cm³/mol. The Morgan fingerprint density at radius 3 is 2.63 bits per heavy atom. The molecule has 1 atom stereocenters. The Labute approximate surface area is 116 Å². The van der Waals surface area contributed by atoms with Crippen LogP contribution in [0.4, 0.5) is 11.4 Å². The summed E-state index contributed by atoms with van der Waals surface area (Å²) in [5.41, 5.74) is 8.55. The molecule has 0 aromatic heterocycles. The van der Waals surface area contributed by atoms with E-state index < -0.39 is 0 Å². The van der Waals surface area contributed by atoms with Gasteiger partial charge in [0.1, 0.15) is 0 Å². The second-order valence-corrected chi connectivity index (χ2v) is 5.21. The number of rotatable bonds is 6. The van der Waals surface area contributed by atoms with Crippen molar-refractivity contribution in [3.8, 4) is 0 Å². The SMILES string of the molecule is Cc1cc(N(C)C)ccc1NC(=O)C(C)CCCN. The molecule has 0 aliphatic carbocycles. The molecule has 0 spiro atoms. The fraction of sp³-hybridized carbons (Fsp3) is 0.533. The van der Waals surface area contributed by atoms with Crippen LogP contribution in [0, 0.1) is 12.8 Å². The summed E-state index contributed by atoms with van der Waals surface area (Å²) < 4.78 is 0. The number of nitrogens with two attached hydrogens (primary N) is 1. The van der Waals surface area contributed by atoms with Crippen LogP contribution >= 0.6 is 0 Å². The molecule has 0 saturated heterocycles. The summed E-state index contributed by atoms with van der Waals surface area (Å²) in [5.74, 6) is 0.0608. The lowest BCUT2D eigenvalue weighted by Crippen LogP contribution is -2.21. The zero-order chi connectivity index (χ0) is 14.4. The summed E-state index contributed by atoms with van der Waals surface area (Å²) in [5, 5.41) is 2.99. The van der Waals surface area contributed by atoms with E-state index in [0.29, 0.717) is 6.54 Å². The lowest BCUT2D eigenvalue weighted by molar-refractivity contribution is -0.119. The van der Waals surface area contributed by atoms with E-state index in [2.05, 4.69) is 11.4 Å². The highest BCUT2D eigenvalue weighted by molar-refractivity contribution is 5.93. The van der Waals surface area contributed by atoms with Crippen molar-refractivity contribution in [2.75, 3.05) is 30.9 Å². The normalized spacial score (nSPS) is 12.1. The van der Waals surface area contributed by atoms with Crippen molar-refractivity contribution in [1.82, 2.24) is 0 Å². The average Bonchev–Trinajstić information content (AvgIpc) is 2.37. The van der Waals surface area contributed by atoms with Crippen LogP contribution in [0.5, 0.6) is 0 Å². The summed E-state index contributed by atoms with van der Waals surface area (Å²) in [6.45, 7) is 4.58. The monoisotopic (exact) mass is 263 g/mol. The van der Waals surface area contributed by atoms with Crippen molar-refractivity contribution in [3.05, 3.63) is 23.8 Å². The van der Waals surface area contributed by atoms with Gasteiger partial charge in [0.15, 0.2) is 0 Å². The first-order valence-electron chi connectivity index (χ1n) is 6.74. The minimum atomic E-state index is -0.00326. The number of nitrogens with one attached hydrogen (secondary N) is 1. The Bertz CT molecular complexity index is 429. The number of benzene rings is 1. The molecule has 0 heterocycles. The maximum absolute atomic E-state index is 12.0. The number of hydrogen-bond acceptors (Lipinski definition) is 3. The lowest BCUT2D eigenvalue weighted by Gasteiger charge is -2.17. The van der Waals surface area contributed by atoms with Crippen molar-refractivity contribution in [2.24, 2.45) is 11.7 Å². The fourth-order valence-electron chi connectivity index (χ4n) is 1.88. The Morgan fingerprint density at radius 1 is 1.42 bits per heavy atom. The molecule has 1 aromatic rings. The third kappa shape index (κ3) is 4.56. The average molecular weight is 263 g/mol. The maximum Gasteiger partial charge on any atom is 0.227 e. The predicted octanol–water partition coefficient (Wildman–Crippen LogP) is 2.37. The van der Waals surface area contributed by atoms with Gasteiger partial charge in [-0.05, 0) is 50.1 Å². The highest BCUT2D eigenvalue weighted by Gasteiger charge is 2.13. The molecule has 3 N–H and O–H groups in total. The van der Waals surface area contributed by atoms with Crippen LogP contribution in [0.1, 0.15) is 25.3 Å². The van der Waals surface area contributed by atoms with Gasteiger partial charge in [0, 0.05) is 31.4 Å². The molecule has 0 radical (unpaired) electrons. The Balaban J connectivity index is 2.69. The van der Waals surface area contributed by atoms with Gasteiger partial charge in [-0.2, -0.15) is 0 Å². The van der Waals surface area contributed by atoms with E-state index in [4.69, 9.17) is 5.73 Å². The summed E-state index contributed by atoms with van der Waals surface area (Å²) in [4.78, 5) is 14.1. The van der Waals surface area contributed by atoms with Crippen LogP contribution < -0.4 is 16.0 Å². The highest BCUT2D eigenvalue weighted by atomic mass is 16.1. The van der Waals surface area contributed by atoms with Crippen molar-refractivity contribution >= 4 is 17.3 Å². The molecule has 1 unspecified atom stereocenters. The Hall–Kier alpha value is -1.55. The van der Waals surface area contributed by atoms with Gasteiger partial charge < -0.3 is 16.0 Å². The maximum atomic E-state index is 12.0. The van der Waals surface area contributed by atoms with E-state index in [1.54, 1.807) is 0 Å². The number of amides is 1. The van der Waals surface area contributed by atoms with Crippen molar-refractivity contribution in [1.29, 1.82) is 0 Å². The minimum absolute atomic E-state index is 0.00326. The largest absolute Gasteiger partial charge is 0.378 e. The molecule has 1 rings (SSSR count). The second kappa shape index (κ2) is 7.14. The number of aryl methyl sites for hydroxylation is 1. The van der Waals surface area contributed by atoms with E-state index in [9.17, 15) is 4.79 Å². The van der Waals surface area contributed by atoms with Crippen LogP contribution in [0.25, 0.3) is 0 Å². The molecular formula is C15H25N3O. The van der Waals surface area contributed by atoms with Gasteiger partial charge in [-0.25, -0.2) is 0 Å². The third-order valence-corrected chi connectivity index (χ3v) is 3.27. The number of hydrogen-bond donors (Lipinski definition) is 2. The van der Waals surface area contributed by atoms with E-state index in [-0.39, 0.29) is 11.8 Å². The molecule has 0 bridgehead atoms. The zero-order valence-electron chi connectivity index (χ0n) is 12.4. The molecule has 4 nitrogen and oxygen atoms in total. The highest BCUT2D eigenvalue weighted by Crippen LogP contribution is 2.22. The van der Waals surface area contributed by atoms with Crippen molar-refractivity contribution < 1.29 is 4.79 Å². The summed E-state index contributed by atoms with van der Waals surface area (Å²) >= 11 is 0. The number of nitrogens with zero attached hydrogens (tertiary/aromatic N) is 1. The van der Waals surface area contributed by atoms with Crippen molar-refractivity contribution in [2.45, 2.75) is 26.7 Å². The molecule has 0 aliphatic heterocycles. The number of anilines is 2. The van der Waals surface area contributed by atoms with Crippen LogP contribution in [0.15, 0.2) is 18.2 Å².